The van der Waals surface area contributed by atoms with Crippen molar-refractivity contribution in [2.24, 2.45) is 5.73 Å². The molecule has 0 bridgehead atoms. The van der Waals surface area contributed by atoms with Crippen molar-refractivity contribution in [1.29, 1.82) is 0 Å². The molecule has 0 fully saturated rings. The highest BCUT2D eigenvalue weighted by molar-refractivity contribution is 5.98. The summed E-state index contributed by atoms with van der Waals surface area (Å²) < 4.78 is 10.7. The Bertz CT molecular complexity index is 611. The minimum Gasteiger partial charge on any atom is -0.488 e. The van der Waals surface area contributed by atoms with Crippen LogP contribution in [-0.2, 0) is 4.74 Å². The van der Waals surface area contributed by atoms with Crippen LogP contribution in [0.4, 0.5) is 0 Å². The first kappa shape index (κ1) is 17.3. The fourth-order valence-corrected chi connectivity index (χ4v) is 2.06. The molecule has 0 aliphatic heterocycles. The van der Waals surface area contributed by atoms with Crippen molar-refractivity contribution in [3.05, 3.63) is 42.0 Å². The average molecular weight is 310 g/mol. The number of fused-ring (bicyclic) bond motifs is 1. The SMILES string of the molecule is CC[C@H](CN)Oc1cc2ccccc2cc1C(=O)OC.Cl. The number of carbonyl (C=O) groups excluding carboxylic acids is 1. The van der Waals surface area contributed by atoms with Gasteiger partial charge in [0.15, 0.2) is 0 Å². The Morgan fingerprint density at radius 1 is 1.24 bits per heavy atom. The van der Waals surface area contributed by atoms with Gasteiger partial charge in [0.2, 0.25) is 0 Å². The van der Waals surface area contributed by atoms with Gasteiger partial charge in [0, 0.05) is 6.54 Å². The van der Waals surface area contributed by atoms with Crippen LogP contribution < -0.4 is 10.5 Å². The Kier molecular flexibility index (Phi) is 6.46. The lowest BCUT2D eigenvalue weighted by Crippen LogP contribution is -2.26. The van der Waals surface area contributed by atoms with Crippen molar-refractivity contribution >= 4 is 29.1 Å². The molecule has 2 aromatic carbocycles. The zero-order chi connectivity index (χ0) is 14.5. The monoisotopic (exact) mass is 309 g/mol. The molecule has 4 nitrogen and oxygen atoms in total. The molecule has 0 spiro atoms. The lowest BCUT2D eigenvalue weighted by Gasteiger charge is -2.18. The molecule has 114 valence electrons. The minimum absolute atomic E-state index is 0. The van der Waals surface area contributed by atoms with E-state index in [1.807, 2.05) is 37.3 Å². The highest BCUT2D eigenvalue weighted by atomic mass is 35.5. The first-order valence-corrected chi connectivity index (χ1v) is 6.67. The Labute approximate surface area is 130 Å². The van der Waals surface area contributed by atoms with Gasteiger partial charge < -0.3 is 15.2 Å². The first-order chi connectivity index (χ1) is 9.69. The van der Waals surface area contributed by atoms with E-state index < -0.39 is 5.97 Å². The molecule has 0 unspecified atom stereocenters. The van der Waals surface area contributed by atoms with E-state index in [0.717, 1.165) is 17.2 Å². The largest absolute Gasteiger partial charge is 0.488 e. The number of nitrogens with two attached hydrogens (primary N) is 1. The normalized spacial score (nSPS) is 11.6. The highest BCUT2D eigenvalue weighted by Crippen LogP contribution is 2.27. The Balaban J connectivity index is 0.00000220. The zero-order valence-electron chi connectivity index (χ0n) is 12.2. The van der Waals surface area contributed by atoms with Crippen LogP contribution in [0.15, 0.2) is 36.4 Å². The summed E-state index contributed by atoms with van der Waals surface area (Å²) in [4.78, 5) is 11.9. The van der Waals surface area contributed by atoms with E-state index in [1.165, 1.54) is 7.11 Å². The van der Waals surface area contributed by atoms with Crippen LogP contribution in [0, 0.1) is 0 Å². The number of carbonyl (C=O) groups is 1. The molecule has 1 atom stereocenters. The van der Waals surface area contributed by atoms with Gasteiger partial charge in [-0.1, -0.05) is 31.2 Å². The number of hydrogen-bond donors (Lipinski definition) is 1. The van der Waals surface area contributed by atoms with Crippen molar-refractivity contribution in [3.63, 3.8) is 0 Å². The van der Waals surface area contributed by atoms with Gasteiger partial charge in [-0.05, 0) is 29.3 Å². The number of halogens is 1. The molecule has 2 aromatic rings. The molecule has 2 rings (SSSR count). The summed E-state index contributed by atoms with van der Waals surface area (Å²) >= 11 is 0. The third-order valence-electron chi connectivity index (χ3n) is 3.27. The van der Waals surface area contributed by atoms with E-state index >= 15 is 0 Å². The maximum atomic E-state index is 11.9. The third kappa shape index (κ3) is 3.86. The molecule has 0 aromatic heterocycles. The molecule has 0 aliphatic carbocycles. The summed E-state index contributed by atoms with van der Waals surface area (Å²) in [6.45, 7) is 2.40. The molecule has 5 heteroatoms. The molecule has 0 amide bonds. The second-order valence-electron chi connectivity index (χ2n) is 4.57. The Hall–Kier alpha value is -1.78. The summed E-state index contributed by atoms with van der Waals surface area (Å²) in [6.07, 6.45) is 0.670. The maximum Gasteiger partial charge on any atom is 0.341 e. The van der Waals surface area contributed by atoms with Crippen molar-refractivity contribution in [1.82, 2.24) is 0 Å². The summed E-state index contributed by atoms with van der Waals surface area (Å²) in [5, 5.41) is 1.99. The van der Waals surface area contributed by atoms with E-state index in [9.17, 15) is 4.79 Å². The van der Waals surface area contributed by atoms with Crippen LogP contribution in [0.2, 0.25) is 0 Å². The van der Waals surface area contributed by atoms with Gasteiger partial charge in [0.05, 0.1) is 7.11 Å². The Morgan fingerprint density at radius 3 is 2.38 bits per heavy atom. The van der Waals surface area contributed by atoms with Crippen molar-refractivity contribution in [2.45, 2.75) is 19.4 Å². The van der Waals surface area contributed by atoms with Gasteiger partial charge in [0.1, 0.15) is 17.4 Å². The summed E-state index contributed by atoms with van der Waals surface area (Å²) in [5.74, 6) is 0.116. The molecule has 21 heavy (non-hydrogen) atoms. The molecule has 0 aliphatic rings. The van der Waals surface area contributed by atoms with Crippen LogP contribution in [0.1, 0.15) is 23.7 Å². The van der Waals surface area contributed by atoms with Crippen molar-refractivity contribution < 1.29 is 14.3 Å². The van der Waals surface area contributed by atoms with Gasteiger partial charge >= 0.3 is 5.97 Å². The second-order valence-corrected chi connectivity index (χ2v) is 4.57. The van der Waals surface area contributed by atoms with Gasteiger partial charge in [-0.25, -0.2) is 4.79 Å². The fourth-order valence-electron chi connectivity index (χ4n) is 2.06. The topological polar surface area (TPSA) is 61.5 Å². The number of benzene rings is 2. The molecule has 0 heterocycles. The predicted molar refractivity (Wildman–Crippen MR) is 86.3 cm³/mol. The number of esters is 1. The van der Waals surface area contributed by atoms with Crippen LogP contribution in [-0.4, -0.2) is 25.7 Å². The quantitative estimate of drug-likeness (QED) is 0.862. The predicted octanol–water partition coefficient (Wildman–Crippen LogP) is 3.16. The second kappa shape index (κ2) is 7.86. The molecule has 0 saturated heterocycles. The van der Waals surface area contributed by atoms with Crippen LogP contribution >= 0.6 is 12.4 Å². The standard InChI is InChI=1S/C16H19NO3.ClH/c1-3-13(10-17)20-15-9-12-7-5-4-6-11(12)8-14(15)16(18)19-2;/h4-9,13H,3,10,17H2,1-2H3;1H/t13-;/m1./s1. The van der Waals surface area contributed by atoms with Crippen LogP contribution in [0.25, 0.3) is 10.8 Å². The lowest BCUT2D eigenvalue weighted by molar-refractivity contribution is 0.0593. The maximum absolute atomic E-state index is 11.9. The van der Waals surface area contributed by atoms with E-state index in [2.05, 4.69) is 0 Å². The average Bonchev–Trinajstić information content (AvgIpc) is 2.50. The third-order valence-corrected chi connectivity index (χ3v) is 3.27. The van der Waals surface area contributed by atoms with Gasteiger partial charge in [-0.3, -0.25) is 0 Å². The van der Waals surface area contributed by atoms with Crippen LogP contribution in [0.5, 0.6) is 5.75 Å². The van der Waals surface area contributed by atoms with E-state index in [1.54, 1.807) is 6.07 Å². The van der Waals surface area contributed by atoms with Crippen molar-refractivity contribution in [2.75, 3.05) is 13.7 Å². The number of hydrogen-bond acceptors (Lipinski definition) is 4. The van der Waals surface area contributed by atoms with E-state index in [4.69, 9.17) is 15.2 Å². The zero-order valence-corrected chi connectivity index (χ0v) is 13.0. The minimum atomic E-state index is -0.405. The molecule has 0 saturated carbocycles. The number of ether oxygens (including phenoxy) is 2. The first-order valence-electron chi connectivity index (χ1n) is 6.67. The Morgan fingerprint density at radius 2 is 1.86 bits per heavy atom. The number of rotatable bonds is 5. The molecule has 0 radical (unpaired) electrons. The molecular formula is C16H20ClNO3. The molecule has 2 N–H and O–H groups in total. The lowest BCUT2D eigenvalue weighted by atomic mass is 10.1. The van der Waals surface area contributed by atoms with Crippen molar-refractivity contribution in [3.8, 4) is 5.75 Å². The highest BCUT2D eigenvalue weighted by Gasteiger charge is 2.17. The molecular weight excluding hydrogens is 290 g/mol. The van der Waals surface area contributed by atoms with E-state index in [0.29, 0.717) is 17.9 Å². The summed E-state index contributed by atoms with van der Waals surface area (Å²) in [7, 11) is 1.36. The van der Waals surface area contributed by atoms with E-state index in [-0.39, 0.29) is 18.5 Å². The number of methoxy groups -OCH3 is 1. The van der Waals surface area contributed by atoms with Gasteiger partial charge in [0.25, 0.3) is 0 Å². The smallest absolute Gasteiger partial charge is 0.341 e. The summed E-state index contributed by atoms with van der Waals surface area (Å²) in [5.41, 5.74) is 6.09. The van der Waals surface area contributed by atoms with Gasteiger partial charge in [-0.15, -0.1) is 12.4 Å². The summed E-state index contributed by atoms with van der Waals surface area (Å²) in [6, 6.07) is 11.5. The van der Waals surface area contributed by atoms with Gasteiger partial charge in [-0.2, -0.15) is 0 Å². The fraction of sp³-hybridized carbons (Fsp3) is 0.312. The van der Waals surface area contributed by atoms with Crippen LogP contribution in [0.3, 0.4) is 0 Å².